The Hall–Kier alpha value is 0.0949. The fourth-order valence-electron chi connectivity index (χ4n) is 1.68. The van der Waals surface area contributed by atoms with Gasteiger partial charge in [0.2, 0.25) is 0 Å². The molecule has 0 spiro atoms. The second kappa shape index (κ2) is 5.62. The molecule has 3 unspecified atom stereocenters. The number of phosphoric acid groups is 1. The molecule has 6 nitrogen and oxygen atoms in total. The molecule has 0 amide bonds. The maximum atomic E-state index is 11.3. The van der Waals surface area contributed by atoms with Crippen LogP contribution in [0.2, 0.25) is 0 Å². The fraction of sp³-hybridized carbons (Fsp3) is 1.00. The van der Waals surface area contributed by atoms with Crippen LogP contribution in [0.25, 0.3) is 0 Å². The highest BCUT2D eigenvalue weighted by Gasteiger charge is 2.45. The van der Waals surface area contributed by atoms with Crippen LogP contribution in [0.1, 0.15) is 13.3 Å². The largest absolute Gasteiger partial charge is 0.472 e. The van der Waals surface area contributed by atoms with E-state index >= 15 is 0 Å². The van der Waals surface area contributed by atoms with Crippen LogP contribution >= 0.6 is 7.82 Å². The summed E-state index contributed by atoms with van der Waals surface area (Å²) in [7, 11) is 4.14. The molecule has 0 aliphatic carbocycles. The van der Waals surface area contributed by atoms with E-state index in [1.807, 2.05) is 6.92 Å². The molecule has 1 aliphatic rings. The molecule has 0 aromatic rings. The van der Waals surface area contributed by atoms with Gasteiger partial charge in [-0.1, -0.05) is 6.92 Å². The Balaban J connectivity index is 2.77. The van der Waals surface area contributed by atoms with Crippen LogP contribution in [-0.4, -0.2) is 51.3 Å². The van der Waals surface area contributed by atoms with Crippen LogP contribution in [0.3, 0.4) is 0 Å². The molecule has 92 valence electrons. The SMILES string of the molecule is [B][C@@H]1O[C@H](CC)C(OP(=O)(O)OC)C1OC. The van der Waals surface area contributed by atoms with E-state index in [0.29, 0.717) is 6.42 Å². The Morgan fingerprint density at radius 1 is 1.44 bits per heavy atom. The lowest BCUT2D eigenvalue weighted by Gasteiger charge is -2.23. The number of hydrogen-bond donors (Lipinski definition) is 1. The zero-order valence-corrected chi connectivity index (χ0v) is 10.4. The third-order valence-electron chi connectivity index (χ3n) is 2.51. The standard InChI is InChI=1S/C8H16BO6P/c1-4-5-6(15-16(10,11)13-3)7(12-2)8(9)14-5/h5-8H,4H2,1-3H3,(H,10,11)/t5-,6?,7?,8-/m1/s1. The zero-order chi connectivity index (χ0) is 12.3. The van der Waals surface area contributed by atoms with Crippen molar-refractivity contribution in [3.63, 3.8) is 0 Å². The first kappa shape index (κ1) is 14.2. The topological polar surface area (TPSA) is 74.2 Å². The molecule has 0 bridgehead atoms. The van der Waals surface area contributed by atoms with E-state index in [9.17, 15) is 9.46 Å². The average molecular weight is 250 g/mol. The van der Waals surface area contributed by atoms with E-state index in [0.717, 1.165) is 7.11 Å². The van der Waals surface area contributed by atoms with Gasteiger partial charge in [-0.15, -0.1) is 0 Å². The summed E-state index contributed by atoms with van der Waals surface area (Å²) in [6.07, 6.45) is -1.07. The molecule has 0 aromatic heterocycles. The monoisotopic (exact) mass is 250 g/mol. The highest BCUT2D eigenvalue weighted by atomic mass is 31.2. The van der Waals surface area contributed by atoms with Crippen LogP contribution in [0.4, 0.5) is 0 Å². The van der Waals surface area contributed by atoms with Crippen LogP contribution < -0.4 is 0 Å². The van der Waals surface area contributed by atoms with Gasteiger partial charge in [-0.25, -0.2) is 4.57 Å². The van der Waals surface area contributed by atoms with Gasteiger partial charge in [0.1, 0.15) is 20.1 Å². The maximum absolute atomic E-state index is 11.3. The summed E-state index contributed by atoms with van der Waals surface area (Å²) < 4.78 is 31.1. The van der Waals surface area contributed by atoms with Crippen molar-refractivity contribution < 1.29 is 28.0 Å². The van der Waals surface area contributed by atoms with Gasteiger partial charge in [-0.2, -0.15) is 0 Å². The highest BCUT2D eigenvalue weighted by Crippen LogP contribution is 2.46. The first-order chi connectivity index (χ1) is 7.45. The van der Waals surface area contributed by atoms with Gasteiger partial charge in [0.05, 0.1) is 6.10 Å². The summed E-state index contributed by atoms with van der Waals surface area (Å²) >= 11 is 0. The van der Waals surface area contributed by atoms with E-state index in [2.05, 4.69) is 4.52 Å². The minimum Gasteiger partial charge on any atom is -0.379 e. The van der Waals surface area contributed by atoms with E-state index in [4.69, 9.17) is 21.8 Å². The first-order valence-electron chi connectivity index (χ1n) is 4.96. The van der Waals surface area contributed by atoms with Gasteiger partial charge in [0.15, 0.2) is 0 Å². The summed E-state index contributed by atoms with van der Waals surface area (Å²) in [5, 5.41) is 0. The Bertz CT molecular complexity index is 275. The van der Waals surface area contributed by atoms with Gasteiger partial charge in [0, 0.05) is 20.2 Å². The van der Waals surface area contributed by atoms with Crippen LogP contribution in [0, 0.1) is 0 Å². The van der Waals surface area contributed by atoms with Gasteiger partial charge < -0.3 is 14.4 Å². The van der Waals surface area contributed by atoms with Crippen LogP contribution in [0.15, 0.2) is 0 Å². The molecule has 16 heavy (non-hydrogen) atoms. The first-order valence-corrected chi connectivity index (χ1v) is 6.45. The van der Waals surface area contributed by atoms with Crippen molar-refractivity contribution >= 4 is 15.7 Å². The van der Waals surface area contributed by atoms with Crippen molar-refractivity contribution in [2.45, 2.75) is 37.7 Å². The summed E-state index contributed by atoms with van der Waals surface area (Å²) in [5.41, 5.74) is 0. The molecule has 1 fully saturated rings. The number of hydrogen-bond acceptors (Lipinski definition) is 5. The summed E-state index contributed by atoms with van der Waals surface area (Å²) in [6.45, 7) is 1.86. The number of phosphoric ester groups is 1. The van der Waals surface area contributed by atoms with Crippen molar-refractivity contribution in [3.05, 3.63) is 0 Å². The van der Waals surface area contributed by atoms with Gasteiger partial charge >= 0.3 is 7.82 Å². The molecule has 1 N–H and O–H groups in total. The molecule has 1 rings (SSSR count). The van der Waals surface area contributed by atoms with Crippen molar-refractivity contribution in [2.75, 3.05) is 14.2 Å². The molecule has 1 saturated heterocycles. The van der Waals surface area contributed by atoms with Crippen LogP contribution in [-0.2, 0) is 23.1 Å². The fourth-order valence-corrected chi connectivity index (χ4v) is 2.33. The maximum Gasteiger partial charge on any atom is 0.472 e. The van der Waals surface area contributed by atoms with Crippen molar-refractivity contribution in [1.29, 1.82) is 0 Å². The molecule has 1 heterocycles. The molecular weight excluding hydrogens is 234 g/mol. The molecule has 0 aromatic carbocycles. The number of ether oxygens (including phenoxy) is 2. The lowest BCUT2D eigenvalue weighted by molar-refractivity contribution is -0.000944. The van der Waals surface area contributed by atoms with Gasteiger partial charge in [-0.3, -0.25) is 9.05 Å². The molecule has 2 radical (unpaired) electrons. The predicted molar refractivity (Wildman–Crippen MR) is 57.2 cm³/mol. The predicted octanol–water partition coefficient (Wildman–Crippen LogP) is 0.437. The summed E-state index contributed by atoms with van der Waals surface area (Å²) in [4.78, 5) is 9.26. The minimum absolute atomic E-state index is 0.379. The second-order valence-corrected chi connectivity index (χ2v) is 4.98. The molecule has 0 saturated carbocycles. The lowest BCUT2D eigenvalue weighted by Crippen LogP contribution is -2.36. The Kier molecular flexibility index (Phi) is 4.97. The van der Waals surface area contributed by atoms with Crippen molar-refractivity contribution in [3.8, 4) is 0 Å². The van der Waals surface area contributed by atoms with E-state index in [-0.39, 0.29) is 6.10 Å². The van der Waals surface area contributed by atoms with E-state index in [1.54, 1.807) is 0 Å². The van der Waals surface area contributed by atoms with Gasteiger partial charge in [-0.05, 0) is 6.42 Å². The van der Waals surface area contributed by atoms with Crippen LogP contribution in [0.5, 0.6) is 0 Å². The quantitative estimate of drug-likeness (QED) is 0.563. The summed E-state index contributed by atoms with van der Waals surface area (Å²) in [5.74, 6) is 0. The molecule has 5 atom stereocenters. The average Bonchev–Trinajstić information content (AvgIpc) is 2.53. The smallest absolute Gasteiger partial charge is 0.379 e. The Morgan fingerprint density at radius 2 is 2.06 bits per heavy atom. The lowest BCUT2D eigenvalue weighted by atomic mass is 9.92. The number of methoxy groups -OCH3 is 1. The molecular formula is C8H16BO6P. The molecule has 8 heteroatoms. The van der Waals surface area contributed by atoms with Crippen molar-refractivity contribution in [2.24, 2.45) is 0 Å². The Labute approximate surface area is 96.2 Å². The highest BCUT2D eigenvalue weighted by molar-refractivity contribution is 7.47. The summed E-state index contributed by atoms with van der Waals surface area (Å²) in [6, 6.07) is -0.670. The third-order valence-corrected chi connectivity index (χ3v) is 3.48. The third kappa shape index (κ3) is 3.06. The Morgan fingerprint density at radius 3 is 2.50 bits per heavy atom. The second-order valence-electron chi connectivity index (χ2n) is 3.47. The normalized spacial score (nSPS) is 38.5. The molecule has 1 aliphatic heterocycles. The van der Waals surface area contributed by atoms with E-state index < -0.39 is 26.0 Å². The minimum atomic E-state index is -4.07. The number of rotatable bonds is 5. The van der Waals surface area contributed by atoms with E-state index in [1.165, 1.54) is 7.11 Å². The van der Waals surface area contributed by atoms with Gasteiger partial charge in [0.25, 0.3) is 0 Å². The van der Waals surface area contributed by atoms with Crippen molar-refractivity contribution in [1.82, 2.24) is 0 Å². The zero-order valence-electron chi connectivity index (χ0n) is 9.53.